The number of benzene rings is 1. The van der Waals surface area contributed by atoms with E-state index in [9.17, 15) is 0 Å². The van der Waals surface area contributed by atoms with Crippen molar-refractivity contribution in [2.24, 2.45) is 0 Å². The lowest BCUT2D eigenvalue weighted by molar-refractivity contribution is 0.869. The van der Waals surface area contributed by atoms with Crippen LogP contribution in [0.1, 0.15) is 30.9 Å². The molecule has 1 aromatic carbocycles. The van der Waals surface area contributed by atoms with Gasteiger partial charge in [-0.3, -0.25) is 0 Å². The number of aryl methyl sites for hydroxylation is 1. The summed E-state index contributed by atoms with van der Waals surface area (Å²) < 4.78 is 0. The van der Waals surface area contributed by atoms with Gasteiger partial charge < -0.3 is 11.5 Å². The van der Waals surface area contributed by atoms with E-state index in [0.29, 0.717) is 5.92 Å². The Morgan fingerprint density at radius 2 is 1.57 bits per heavy atom. The van der Waals surface area contributed by atoms with Gasteiger partial charge in [0, 0.05) is 11.4 Å². The summed E-state index contributed by atoms with van der Waals surface area (Å²) in [5.74, 6) is 0.437. The highest BCUT2D eigenvalue weighted by Gasteiger charge is 2.06. The van der Waals surface area contributed by atoms with Gasteiger partial charge in [0.15, 0.2) is 0 Å². The van der Waals surface area contributed by atoms with Gasteiger partial charge in [-0.15, -0.1) is 24.8 Å². The van der Waals surface area contributed by atoms with Gasteiger partial charge in [-0.05, 0) is 36.1 Å². The van der Waals surface area contributed by atoms with Gasteiger partial charge in [0.05, 0.1) is 0 Å². The Hall–Kier alpha value is -0.600. The molecule has 0 fully saturated rings. The maximum Gasteiger partial charge on any atom is 0.0380 e. The van der Waals surface area contributed by atoms with Crippen molar-refractivity contribution in [2.45, 2.75) is 26.7 Å². The molecule has 82 valence electrons. The van der Waals surface area contributed by atoms with Gasteiger partial charge in [0.1, 0.15) is 0 Å². The Morgan fingerprint density at radius 1 is 1.07 bits per heavy atom. The summed E-state index contributed by atoms with van der Waals surface area (Å²) in [6.45, 7) is 6.22. The van der Waals surface area contributed by atoms with Crippen molar-refractivity contribution in [1.29, 1.82) is 0 Å². The van der Waals surface area contributed by atoms with Crippen molar-refractivity contribution in [3.63, 3.8) is 0 Å². The summed E-state index contributed by atoms with van der Waals surface area (Å²) in [6, 6.07) is 3.86. The number of nitrogens with two attached hydrogens (primary N) is 2. The molecule has 0 spiro atoms. The highest BCUT2D eigenvalue weighted by molar-refractivity contribution is 5.85. The maximum absolute atomic E-state index is 5.90. The van der Waals surface area contributed by atoms with Crippen LogP contribution in [0.25, 0.3) is 0 Å². The van der Waals surface area contributed by atoms with Crippen molar-refractivity contribution in [1.82, 2.24) is 0 Å². The number of anilines is 2. The van der Waals surface area contributed by atoms with Crippen LogP contribution in [0, 0.1) is 6.92 Å². The third-order valence-corrected chi connectivity index (χ3v) is 2.06. The van der Waals surface area contributed by atoms with Crippen LogP contribution in [0.4, 0.5) is 11.4 Å². The molecule has 0 aliphatic carbocycles. The quantitative estimate of drug-likeness (QED) is 0.737. The number of halogens is 2. The van der Waals surface area contributed by atoms with E-state index >= 15 is 0 Å². The lowest BCUT2D eigenvalue weighted by Gasteiger charge is -2.12. The van der Waals surface area contributed by atoms with Gasteiger partial charge in [0.25, 0.3) is 0 Å². The van der Waals surface area contributed by atoms with Crippen LogP contribution < -0.4 is 11.5 Å². The minimum atomic E-state index is 0. The SMILES string of the molecule is Cc1cc(N)cc(C(C)C)c1N.Cl.Cl. The topological polar surface area (TPSA) is 52.0 Å². The fraction of sp³-hybridized carbons (Fsp3) is 0.400. The zero-order valence-electron chi connectivity index (χ0n) is 8.70. The van der Waals surface area contributed by atoms with Gasteiger partial charge in [-0.25, -0.2) is 0 Å². The van der Waals surface area contributed by atoms with E-state index in [-0.39, 0.29) is 24.8 Å². The molecule has 0 amide bonds. The third-order valence-electron chi connectivity index (χ3n) is 2.06. The molecule has 4 N–H and O–H groups in total. The highest BCUT2D eigenvalue weighted by atomic mass is 35.5. The predicted octanol–water partition coefficient (Wildman–Crippen LogP) is 3.13. The van der Waals surface area contributed by atoms with E-state index in [2.05, 4.69) is 13.8 Å². The normalized spacial score (nSPS) is 9.14. The monoisotopic (exact) mass is 236 g/mol. The van der Waals surface area contributed by atoms with Gasteiger partial charge in [-0.1, -0.05) is 13.8 Å². The van der Waals surface area contributed by atoms with Crippen molar-refractivity contribution in [2.75, 3.05) is 11.5 Å². The standard InChI is InChI=1S/C10H16N2.2ClH/c1-6(2)9-5-8(11)4-7(3)10(9)12;;/h4-6H,11-12H2,1-3H3;2*1H. The van der Waals surface area contributed by atoms with Gasteiger partial charge in [-0.2, -0.15) is 0 Å². The Morgan fingerprint density at radius 3 is 2.00 bits per heavy atom. The first-order valence-electron chi connectivity index (χ1n) is 4.18. The van der Waals surface area contributed by atoms with Crippen molar-refractivity contribution in [3.8, 4) is 0 Å². The Labute approximate surface area is 97.9 Å². The average molecular weight is 237 g/mol. The summed E-state index contributed by atoms with van der Waals surface area (Å²) in [6.07, 6.45) is 0. The Bertz CT molecular complexity index is 298. The molecule has 0 aliphatic heterocycles. The molecule has 1 aromatic rings. The maximum atomic E-state index is 5.90. The van der Waals surface area contributed by atoms with E-state index in [1.54, 1.807) is 0 Å². The molecule has 0 saturated carbocycles. The lowest BCUT2D eigenvalue weighted by Crippen LogP contribution is -2.01. The van der Waals surface area contributed by atoms with Crippen LogP contribution in [-0.2, 0) is 0 Å². The fourth-order valence-corrected chi connectivity index (χ4v) is 1.33. The summed E-state index contributed by atoms with van der Waals surface area (Å²) in [5, 5.41) is 0. The highest BCUT2D eigenvalue weighted by Crippen LogP contribution is 2.27. The molecule has 0 aromatic heterocycles. The molecular weight excluding hydrogens is 219 g/mol. The smallest absolute Gasteiger partial charge is 0.0380 e. The van der Waals surface area contributed by atoms with E-state index in [0.717, 1.165) is 22.5 Å². The number of nitrogen functional groups attached to an aromatic ring is 2. The van der Waals surface area contributed by atoms with Crippen molar-refractivity contribution >= 4 is 36.2 Å². The molecule has 0 atom stereocenters. The predicted molar refractivity (Wildman–Crippen MR) is 68.6 cm³/mol. The second-order valence-electron chi connectivity index (χ2n) is 3.50. The first-order valence-corrected chi connectivity index (χ1v) is 4.18. The largest absolute Gasteiger partial charge is 0.399 e. The van der Waals surface area contributed by atoms with E-state index in [1.165, 1.54) is 0 Å². The number of rotatable bonds is 1. The van der Waals surface area contributed by atoms with E-state index < -0.39 is 0 Å². The molecule has 0 saturated heterocycles. The van der Waals surface area contributed by atoms with Crippen molar-refractivity contribution < 1.29 is 0 Å². The summed E-state index contributed by atoms with van der Waals surface area (Å²) in [5.41, 5.74) is 15.5. The summed E-state index contributed by atoms with van der Waals surface area (Å²) >= 11 is 0. The molecule has 0 unspecified atom stereocenters. The molecule has 0 heterocycles. The van der Waals surface area contributed by atoms with Crippen LogP contribution in [0.5, 0.6) is 0 Å². The molecular formula is C10H18Cl2N2. The number of hydrogen-bond donors (Lipinski definition) is 2. The number of hydrogen-bond acceptors (Lipinski definition) is 2. The second kappa shape index (κ2) is 5.99. The summed E-state index contributed by atoms with van der Waals surface area (Å²) in [4.78, 5) is 0. The van der Waals surface area contributed by atoms with Crippen LogP contribution in [0.2, 0.25) is 0 Å². The first-order chi connectivity index (χ1) is 5.52. The van der Waals surface area contributed by atoms with Crippen molar-refractivity contribution in [3.05, 3.63) is 23.3 Å². The molecule has 0 aliphatic rings. The zero-order chi connectivity index (χ0) is 9.30. The van der Waals surface area contributed by atoms with Crippen LogP contribution in [-0.4, -0.2) is 0 Å². The summed E-state index contributed by atoms with van der Waals surface area (Å²) in [7, 11) is 0. The minimum Gasteiger partial charge on any atom is -0.399 e. The molecule has 0 radical (unpaired) electrons. The first kappa shape index (κ1) is 15.9. The second-order valence-corrected chi connectivity index (χ2v) is 3.50. The third kappa shape index (κ3) is 3.28. The minimum absolute atomic E-state index is 0. The Balaban J connectivity index is 0. The van der Waals surface area contributed by atoms with Gasteiger partial charge >= 0.3 is 0 Å². The van der Waals surface area contributed by atoms with Gasteiger partial charge in [0.2, 0.25) is 0 Å². The van der Waals surface area contributed by atoms with E-state index in [1.807, 2.05) is 19.1 Å². The molecule has 1 rings (SSSR count). The Kier molecular flexibility index (Phi) is 6.79. The van der Waals surface area contributed by atoms with Crippen LogP contribution in [0.15, 0.2) is 12.1 Å². The molecule has 0 bridgehead atoms. The van der Waals surface area contributed by atoms with Crippen LogP contribution >= 0.6 is 24.8 Å². The van der Waals surface area contributed by atoms with Crippen LogP contribution in [0.3, 0.4) is 0 Å². The van der Waals surface area contributed by atoms with E-state index in [4.69, 9.17) is 11.5 Å². The molecule has 4 heteroatoms. The average Bonchev–Trinajstić information content (AvgIpc) is 1.96. The zero-order valence-corrected chi connectivity index (χ0v) is 10.3. The fourth-order valence-electron chi connectivity index (χ4n) is 1.33. The molecule has 2 nitrogen and oxygen atoms in total. The lowest BCUT2D eigenvalue weighted by atomic mass is 9.98. The molecule has 14 heavy (non-hydrogen) atoms.